The fourth-order valence-electron chi connectivity index (χ4n) is 1.26. The zero-order valence-corrected chi connectivity index (χ0v) is 11.2. The van der Waals surface area contributed by atoms with Gasteiger partial charge in [-0.2, -0.15) is 12.6 Å². The standard InChI is InChI=1S/C11H9ClN2OS2/c12-8-3-1-7(2-4-8)11-14-13-10(17-11)5-9(15)6-16/h1-4,16H,5-6H2. The molecule has 1 heterocycles. The number of benzene rings is 1. The summed E-state index contributed by atoms with van der Waals surface area (Å²) in [6, 6.07) is 7.37. The predicted octanol–water partition coefficient (Wildman–Crippen LogP) is 2.90. The number of carbonyl (C=O) groups excluding carboxylic acids is 1. The van der Waals surface area contributed by atoms with Gasteiger partial charge in [-0.3, -0.25) is 4.79 Å². The van der Waals surface area contributed by atoms with Crippen molar-refractivity contribution < 1.29 is 4.79 Å². The Kier molecular flexibility index (Phi) is 4.15. The van der Waals surface area contributed by atoms with Crippen LogP contribution in [0.3, 0.4) is 0 Å². The maximum absolute atomic E-state index is 11.2. The zero-order chi connectivity index (χ0) is 12.3. The quantitative estimate of drug-likeness (QED) is 0.878. The molecule has 6 heteroatoms. The van der Waals surface area contributed by atoms with Crippen LogP contribution in [-0.2, 0) is 11.2 Å². The van der Waals surface area contributed by atoms with Gasteiger partial charge in [0.25, 0.3) is 0 Å². The first-order chi connectivity index (χ1) is 8.19. The van der Waals surface area contributed by atoms with E-state index in [-0.39, 0.29) is 11.5 Å². The Morgan fingerprint density at radius 2 is 2.00 bits per heavy atom. The highest BCUT2D eigenvalue weighted by molar-refractivity contribution is 7.81. The maximum atomic E-state index is 11.2. The van der Waals surface area contributed by atoms with E-state index in [9.17, 15) is 4.79 Å². The number of thiol groups is 1. The molecule has 0 saturated heterocycles. The molecule has 0 spiro atoms. The van der Waals surface area contributed by atoms with Crippen molar-refractivity contribution in [3.05, 3.63) is 34.3 Å². The average Bonchev–Trinajstić information content (AvgIpc) is 2.78. The number of ketones is 1. The number of aromatic nitrogens is 2. The Hall–Kier alpha value is -0.910. The molecule has 2 rings (SSSR count). The van der Waals surface area contributed by atoms with E-state index in [4.69, 9.17) is 11.6 Å². The van der Waals surface area contributed by atoms with Gasteiger partial charge in [-0.05, 0) is 12.1 Å². The minimum Gasteiger partial charge on any atom is -0.298 e. The molecule has 17 heavy (non-hydrogen) atoms. The van der Waals surface area contributed by atoms with Crippen molar-refractivity contribution in [2.75, 3.05) is 5.75 Å². The van der Waals surface area contributed by atoms with Crippen molar-refractivity contribution in [3.63, 3.8) is 0 Å². The summed E-state index contributed by atoms with van der Waals surface area (Å²) in [7, 11) is 0. The van der Waals surface area contributed by atoms with Crippen molar-refractivity contribution in [1.82, 2.24) is 10.2 Å². The van der Waals surface area contributed by atoms with Crippen LogP contribution in [-0.4, -0.2) is 21.7 Å². The second kappa shape index (κ2) is 5.62. The summed E-state index contributed by atoms with van der Waals surface area (Å²) >= 11 is 11.1. The number of rotatable bonds is 4. The molecule has 1 aromatic carbocycles. The van der Waals surface area contributed by atoms with Crippen LogP contribution < -0.4 is 0 Å². The molecule has 2 aromatic rings. The highest BCUT2D eigenvalue weighted by atomic mass is 35.5. The smallest absolute Gasteiger partial charge is 0.149 e. The van der Waals surface area contributed by atoms with Gasteiger partial charge >= 0.3 is 0 Å². The molecule has 0 radical (unpaired) electrons. The molecule has 0 fully saturated rings. The molecular weight excluding hydrogens is 276 g/mol. The highest BCUT2D eigenvalue weighted by Crippen LogP contribution is 2.25. The molecule has 0 N–H and O–H groups in total. The van der Waals surface area contributed by atoms with Crippen LogP contribution in [0.25, 0.3) is 10.6 Å². The van der Waals surface area contributed by atoms with Gasteiger partial charge in [0.1, 0.15) is 15.8 Å². The molecule has 0 saturated carbocycles. The predicted molar refractivity (Wildman–Crippen MR) is 72.9 cm³/mol. The lowest BCUT2D eigenvalue weighted by Gasteiger charge is -1.94. The number of carbonyl (C=O) groups is 1. The van der Waals surface area contributed by atoms with Crippen molar-refractivity contribution in [1.29, 1.82) is 0 Å². The third kappa shape index (κ3) is 3.28. The lowest BCUT2D eigenvalue weighted by Crippen LogP contribution is -2.03. The number of nitrogens with zero attached hydrogens (tertiary/aromatic N) is 2. The maximum Gasteiger partial charge on any atom is 0.149 e. The van der Waals surface area contributed by atoms with Gasteiger partial charge in [0.15, 0.2) is 0 Å². The third-order valence-electron chi connectivity index (χ3n) is 2.08. The first kappa shape index (κ1) is 12.5. The van der Waals surface area contributed by atoms with Gasteiger partial charge in [-0.1, -0.05) is 35.1 Å². The summed E-state index contributed by atoms with van der Waals surface area (Å²) in [5.41, 5.74) is 0.955. The molecule has 3 nitrogen and oxygen atoms in total. The lowest BCUT2D eigenvalue weighted by atomic mass is 10.2. The van der Waals surface area contributed by atoms with Crippen LogP contribution in [0, 0.1) is 0 Å². The second-order valence-electron chi connectivity index (χ2n) is 3.38. The first-order valence-corrected chi connectivity index (χ1v) is 6.72. The van der Waals surface area contributed by atoms with Gasteiger partial charge in [-0.25, -0.2) is 0 Å². The van der Waals surface area contributed by atoms with Crippen LogP contribution in [0.15, 0.2) is 24.3 Å². The van der Waals surface area contributed by atoms with Gasteiger partial charge in [0, 0.05) is 16.3 Å². The number of hydrogen-bond acceptors (Lipinski definition) is 5. The fourth-order valence-corrected chi connectivity index (χ4v) is 2.37. The van der Waals surface area contributed by atoms with Gasteiger partial charge < -0.3 is 0 Å². The highest BCUT2D eigenvalue weighted by Gasteiger charge is 2.09. The molecule has 1 aromatic heterocycles. The molecular formula is C11H9ClN2OS2. The van der Waals surface area contributed by atoms with Crippen LogP contribution in [0.2, 0.25) is 5.02 Å². The van der Waals surface area contributed by atoms with Crippen LogP contribution in [0.5, 0.6) is 0 Å². The summed E-state index contributed by atoms with van der Waals surface area (Å²) < 4.78 is 0. The Morgan fingerprint density at radius 3 is 2.65 bits per heavy atom. The van der Waals surface area contributed by atoms with E-state index >= 15 is 0 Å². The van der Waals surface area contributed by atoms with Crippen molar-refractivity contribution in [2.45, 2.75) is 6.42 Å². The summed E-state index contributed by atoms with van der Waals surface area (Å²) in [5, 5.41) is 10.2. The minimum atomic E-state index is 0.0483. The van der Waals surface area contributed by atoms with Crippen LogP contribution in [0.4, 0.5) is 0 Å². The van der Waals surface area contributed by atoms with Crippen molar-refractivity contribution in [3.8, 4) is 10.6 Å². The molecule has 0 aliphatic carbocycles. The Bertz CT molecular complexity index is 525. The van der Waals surface area contributed by atoms with Gasteiger partial charge in [0.2, 0.25) is 0 Å². The van der Waals surface area contributed by atoms with Gasteiger partial charge in [0.05, 0.1) is 6.42 Å². The first-order valence-electron chi connectivity index (χ1n) is 4.90. The Balaban J connectivity index is 2.18. The molecule has 0 unspecified atom stereocenters. The molecule has 0 amide bonds. The lowest BCUT2D eigenvalue weighted by molar-refractivity contribution is -0.115. The van der Waals surface area contributed by atoms with Crippen LogP contribution in [0.1, 0.15) is 5.01 Å². The fraction of sp³-hybridized carbons (Fsp3) is 0.182. The second-order valence-corrected chi connectivity index (χ2v) is 5.20. The molecule has 88 valence electrons. The van der Waals surface area contributed by atoms with Crippen LogP contribution >= 0.6 is 35.6 Å². The van der Waals surface area contributed by atoms with E-state index in [0.29, 0.717) is 16.5 Å². The van der Waals surface area contributed by atoms with E-state index < -0.39 is 0 Å². The van der Waals surface area contributed by atoms with E-state index in [2.05, 4.69) is 22.8 Å². The zero-order valence-electron chi connectivity index (χ0n) is 8.76. The van der Waals surface area contributed by atoms with E-state index in [0.717, 1.165) is 10.6 Å². The Labute approximate surface area is 113 Å². The average molecular weight is 285 g/mol. The molecule has 0 aliphatic rings. The topological polar surface area (TPSA) is 42.9 Å². The van der Waals surface area contributed by atoms with Gasteiger partial charge in [-0.15, -0.1) is 10.2 Å². The largest absolute Gasteiger partial charge is 0.298 e. The van der Waals surface area contributed by atoms with E-state index in [1.807, 2.05) is 12.1 Å². The number of halogens is 1. The third-order valence-corrected chi connectivity index (χ3v) is 3.66. The summed E-state index contributed by atoms with van der Waals surface area (Å²) in [5.74, 6) is 0.280. The van der Waals surface area contributed by atoms with Crippen molar-refractivity contribution in [2.24, 2.45) is 0 Å². The monoisotopic (exact) mass is 284 g/mol. The molecule has 0 aliphatic heterocycles. The minimum absolute atomic E-state index is 0.0483. The summed E-state index contributed by atoms with van der Waals surface area (Å²) in [6.45, 7) is 0. The summed E-state index contributed by atoms with van der Waals surface area (Å²) in [4.78, 5) is 11.2. The van der Waals surface area contributed by atoms with Crippen molar-refractivity contribution >= 4 is 41.3 Å². The summed E-state index contributed by atoms with van der Waals surface area (Å²) in [6.07, 6.45) is 0.300. The molecule has 0 bridgehead atoms. The number of hydrogen-bond donors (Lipinski definition) is 1. The molecule has 0 atom stereocenters. The van der Waals surface area contributed by atoms with E-state index in [1.54, 1.807) is 12.1 Å². The number of Topliss-reactive ketones (excluding diaryl/α,β-unsaturated/α-hetero) is 1. The van der Waals surface area contributed by atoms with E-state index in [1.165, 1.54) is 11.3 Å². The SMILES string of the molecule is O=C(CS)Cc1nnc(-c2ccc(Cl)cc2)s1. The Morgan fingerprint density at radius 1 is 1.29 bits per heavy atom. The normalized spacial score (nSPS) is 10.5.